The molecule has 140 valence electrons. The minimum absolute atomic E-state index is 0.150. The Hall–Kier alpha value is -3.70. The number of nitrogens with zero attached hydrogens (tertiary/aromatic N) is 2. The van der Waals surface area contributed by atoms with Crippen LogP contribution in [0.1, 0.15) is 10.4 Å². The lowest BCUT2D eigenvalue weighted by Crippen LogP contribution is -2.00. The predicted octanol–water partition coefficient (Wildman–Crippen LogP) is 5.80. The highest BCUT2D eigenvalue weighted by Gasteiger charge is 2.20. The molecule has 0 aliphatic rings. The maximum atomic E-state index is 12.1. The molecule has 0 unspecified atom stereocenters. The first-order chi connectivity index (χ1) is 14.1. The summed E-state index contributed by atoms with van der Waals surface area (Å²) < 4.78 is 0. The number of carbonyl (C=O) groups is 1. The quantitative estimate of drug-likeness (QED) is 0.402. The van der Waals surface area contributed by atoms with Crippen molar-refractivity contribution in [1.82, 2.24) is 15.2 Å². The predicted molar refractivity (Wildman–Crippen MR) is 114 cm³/mol. The maximum absolute atomic E-state index is 12.1. The molecule has 5 nitrogen and oxygen atoms in total. The molecule has 3 aromatic carbocycles. The van der Waals surface area contributed by atoms with Gasteiger partial charge in [-0.05, 0) is 29.0 Å². The van der Waals surface area contributed by atoms with Crippen molar-refractivity contribution < 1.29 is 9.90 Å². The van der Waals surface area contributed by atoms with Crippen molar-refractivity contribution in [2.75, 3.05) is 0 Å². The monoisotopic (exact) mass is 399 g/mol. The molecule has 2 N–H and O–H groups in total. The van der Waals surface area contributed by atoms with Crippen LogP contribution in [-0.2, 0) is 0 Å². The van der Waals surface area contributed by atoms with E-state index in [1.807, 2.05) is 54.6 Å². The smallest absolute Gasteiger partial charge is 0.336 e. The number of carboxylic acids is 1. The summed E-state index contributed by atoms with van der Waals surface area (Å²) in [4.78, 5) is 16.8. The molecule has 0 spiro atoms. The minimum atomic E-state index is -1.03. The molecule has 0 amide bonds. The zero-order chi connectivity index (χ0) is 20.0. The molecule has 0 radical (unpaired) electrons. The van der Waals surface area contributed by atoms with E-state index < -0.39 is 5.97 Å². The van der Waals surface area contributed by atoms with Gasteiger partial charge in [0.15, 0.2) is 5.65 Å². The molecule has 0 saturated heterocycles. The molecular weight excluding hydrogens is 386 g/mol. The Balaban J connectivity index is 1.78. The Morgan fingerprint density at radius 3 is 2.52 bits per heavy atom. The second-order valence-corrected chi connectivity index (χ2v) is 7.13. The van der Waals surface area contributed by atoms with E-state index in [9.17, 15) is 9.90 Å². The zero-order valence-electron chi connectivity index (χ0n) is 15.1. The van der Waals surface area contributed by atoms with Crippen molar-refractivity contribution in [3.8, 4) is 22.5 Å². The number of hydrogen-bond acceptors (Lipinski definition) is 3. The first-order valence-corrected chi connectivity index (χ1v) is 9.36. The van der Waals surface area contributed by atoms with Gasteiger partial charge in [0.1, 0.15) is 0 Å². The Bertz CT molecular complexity index is 1390. The molecule has 29 heavy (non-hydrogen) atoms. The third-order valence-corrected chi connectivity index (χ3v) is 5.20. The van der Waals surface area contributed by atoms with Crippen LogP contribution in [0.2, 0.25) is 5.02 Å². The second kappa shape index (κ2) is 6.72. The second-order valence-electron chi connectivity index (χ2n) is 6.69. The van der Waals surface area contributed by atoms with Crippen LogP contribution in [0, 0.1) is 0 Å². The lowest BCUT2D eigenvalue weighted by Gasteiger charge is -2.08. The van der Waals surface area contributed by atoms with Crippen LogP contribution in [0.5, 0.6) is 0 Å². The first kappa shape index (κ1) is 17.4. The highest BCUT2D eigenvalue weighted by molar-refractivity contribution is 6.30. The van der Waals surface area contributed by atoms with E-state index in [-0.39, 0.29) is 5.56 Å². The largest absolute Gasteiger partial charge is 0.478 e. The molecule has 5 rings (SSSR count). The number of rotatable bonds is 3. The van der Waals surface area contributed by atoms with Gasteiger partial charge >= 0.3 is 5.97 Å². The zero-order valence-corrected chi connectivity index (χ0v) is 15.8. The number of nitrogens with one attached hydrogen (secondary N) is 1. The first-order valence-electron chi connectivity index (χ1n) is 8.98. The fourth-order valence-corrected chi connectivity index (χ4v) is 3.73. The minimum Gasteiger partial charge on any atom is -0.478 e. The number of fused-ring (bicyclic) bond motifs is 2. The van der Waals surface area contributed by atoms with Crippen LogP contribution >= 0.6 is 11.6 Å². The summed E-state index contributed by atoms with van der Waals surface area (Å²) in [7, 11) is 0. The summed E-state index contributed by atoms with van der Waals surface area (Å²) >= 11 is 5.98. The van der Waals surface area contributed by atoms with Gasteiger partial charge in [-0.15, -0.1) is 0 Å². The van der Waals surface area contributed by atoms with Gasteiger partial charge in [0, 0.05) is 16.1 Å². The van der Waals surface area contributed by atoms with Gasteiger partial charge in [0.05, 0.1) is 22.3 Å². The van der Waals surface area contributed by atoms with Crippen molar-refractivity contribution >= 4 is 39.4 Å². The van der Waals surface area contributed by atoms with Gasteiger partial charge in [0.25, 0.3) is 0 Å². The maximum Gasteiger partial charge on any atom is 0.336 e. The van der Waals surface area contributed by atoms with E-state index in [1.54, 1.807) is 18.2 Å². The van der Waals surface area contributed by atoms with Gasteiger partial charge in [-0.25, -0.2) is 9.78 Å². The van der Waals surface area contributed by atoms with Crippen LogP contribution in [-0.4, -0.2) is 26.3 Å². The highest BCUT2D eigenvalue weighted by Crippen LogP contribution is 2.34. The Labute approximate surface area is 170 Å². The Kier molecular flexibility index (Phi) is 4.03. The fourth-order valence-electron chi connectivity index (χ4n) is 3.60. The van der Waals surface area contributed by atoms with Crippen LogP contribution in [0.4, 0.5) is 0 Å². The van der Waals surface area contributed by atoms with Gasteiger partial charge in [-0.2, -0.15) is 5.10 Å². The average Bonchev–Trinajstić information content (AvgIpc) is 3.17. The molecular formula is C23H14ClN3O2. The Morgan fingerprint density at radius 2 is 1.72 bits per heavy atom. The standard InChI is InChI=1S/C23H14ClN3O2/c24-15-10-8-14(9-11-15)21-20-18(23(28)29)12-19(25-22(20)27-26-21)17-7-3-5-13-4-1-2-6-16(13)17/h1-12H,(H,28,29)(H,25,26,27). The summed E-state index contributed by atoms with van der Waals surface area (Å²) in [5, 5.41) is 20.3. The van der Waals surface area contributed by atoms with Gasteiger partial charge in [0.2, 0.25) is 0 Å². The summed E-state index contributed by atoms with van der Waals surface area (Å²) in [6, 6.07) is 22.6. The number of H-pyrrole nitrogens is 1. The van der Waals surface area contributed by atoms with E-state index in [1.165, 1.54) is 0 Å². The highest BCUT2D eigenvalue weighted by atomic mass is 35.5. The molecule has 0 fully saturated rings. The van der Waals surface area contributed by atoms with Crippen molar-refractivity contribution in [2.45, 2.75) is 0 Å². The van der Waals surface area contributed by atoms with Gasteiger partial charge < -0.3 is 5.11 Å². The van der Waals surface area contributed by atoms with Crippen LogP contribution in [0.25, 0.3) is 44.3 Å². The summed E-state index contributed by atoms with van der Waals surface area (Å²) in [6.45, 7) is 0. The molecule has 0 bridgehead atoms. The van der Waals surface area contributed by atoms with E-state index in [4.69, 9.17) is 11.6 Å². The molecule has 0 aliphatic heterocycles. The number of aromatic carboxylic acids is 1. The van der Waals surface area contributed by atoms with Crippen molar-refractivity contribution in [1.29, 1.82) is 0 Å². The summed E-state index contributed by atoms with van der Waals surface area (Å²) in [6.07, 6.45) is 0. The van der Waals surface area contributed by atoms with Gasteiger partial charge in [-0.1, -0.05) is 66.2 Å². The normalized spacial score (nSPS) is 11.2. The van der Waals surface area contributed by atoms with E-state index in [0.29, 0.717) is 27.4 Å². The number of hydrogen-bond donors (Lipinski definition) is 2. The number of aromatic nitrogens is 3. The average molecular weight is 400 g/mol. The fraction of sp³-hybridized carbons (Fsp3) is 0. The van der Waals surface area contributed by atoms with E-state index in [0.717, 1.165) is 21.9 Å². The lowest BCUT2D eigenvalue weighted by molar-refractivity contribution is 0.0699. The van der Waals surface area contributed by atoms with Crippen LogP contribution in [0.3, 0.4) is 0 Å². The number of aromatic amines is 1. The van der Waals surface area contributed by atoms with Crippen molar-refractivity contribution in [3.05, 3.63) is 83.4 Å². The van der Waals surface area contributed by atoms with E-state index in [2.05, 4.69) is 15.2 Å². The molecule has 5 aromatic rings. The number of halogens is 1. The number of benzene rings is 3. The molecule has 0 atom stereocenters. The van der Waals surface area contributed by atoms with E-state index >= 15 is 0 Å². The Morgan fingerprint density at radius 1 is 0.966 bits per heavy atom. The topological polar surface area (TPSA) is 78.9 Å². The molecule has 6 heteroatoms. The van der Waals surface area contributed by atoms with Crippen molar-refractivity contribution in [3.63, 3.8) is 0 Å². The SMILES string of the molecule is O=C(O)c1cc(-c2cccc3ccccc23)nc2n[nH]c(-c3ccc(Cl)cc3)c12. The van der Waals surface area contributed by atoms with Crippen LogP contribution < -0.4 is 0 Å². The van der Waals surface area contributed by atoms with Crippen molar-refractivity contribution in [2.24, 2.45) is 0 Å². The molecule has 0 saturated carbocycles. The third kappa shape index (κ3) is 2.92. The molecule has 2 aromatic heterocycles. The summed E-state index contributed by atoms with van der Waals surface area (Å²) in [5.41, 5.74) is 3.34. The number of pyridine rings is 1. The van der Waals surface area contributed by atoms with Crippen LogP contribution in [0.15, 0.2) is 72.8 Å². The summed E-state index contributed by atoms with van der Waals surface area (Å²) in [5.74, 6) is -1.03. The molecule has 2 heterocycles. The number of carboxylic acid groups (broad SMARTS) is 1. The van der Waals surface area contributed by atoms with Gasteiger partial charge in [-0.3, -0.25) is 5.10 Å². The molecule has 0 aliphatic carbocycles. The lowest BCUT2D eigenvalue weighted by atomic mass is 9.99. The third-order valence-electron chi connectivity index (χ3n) is 4.95.